The number of nitrogens with zero attached hydrogens (tertiary/aromatic N) is 1. The SMILES string of the molecule is COc1ccc2c(c1)CCN1C2CC[C@H]2C(=O)O[C@@H](C)[C@H]21. The number of hydrogen-bond acceptors (Lipinski definition) is 4. The fraction of sp³-hybridized carbons (Fsp3) is 0.588. The predicted octanol–water partition coefficient (Wildman–Crippen LogP) is 2.32. The molecule has 0 saturated carbocycles. The van der Waals surface area contributed by atoms with Crippen molar-refractivity contribution in [2.45, 2.75) is 44.4 Å². The van der Waals surface area contributed by atoms with Crippen LogP contribution < -0.4 is 4.74 Å². The number of cyclic esters (lactones) is 1. The molecule has 112 valence electrons. The Morgan fingerprint density at radius 1 is 1.33 bits per heavy atom. The first-order valence-corrected chi connectivity index (χ1v) is 7.82. The second-order valence-corrected chi connectivity index (χ2v) is 6.38. The van der Waals surface area contributed by atoms with Gasteiger partial charge in [0, 0.05) is 12.6 Å². The first kappa shape index (κ1) is 13.1. The van der Waals surface area contributed by atoms with Gasteiger partial charge in [-0.2, -0.15) is 0 Å². The Bertz CT molecular complexity index is 585. The fourth-order valence-corrected chi connectivity index (χ4v) is 4.45. The van der Waals surface area contributed by atoms with Gasteiger partial charge in [-0.3, -0.25) is 9.69 Å². The average molecular weight is 287 g/mol. The smallest absolute Gasteiger partial charge is 0.310 e. The van der Waals surface area contributed by atoms with E-state index in [1.807, 2.05) is 13.0 Å². The van der Waals surface area contributed by atoms with Crippen LogP contribution in [0.15, 0.2) is 18.2 Å². The Morgan fingerprint density at radius 3 is 3.00 bits per heavy atom. The van der Waals surface area contributed by atoms with Gasteiger partial charge in [-0.1, -0.05) is 6.07 Å². The molecule has 0 aliphatic carbocycles. The second-order valence-electron chi connectivity index (χ2n) is 6.38. The van der Waals surface area contributed by atoms with E-state index in [0.717, 1.165) is 31.6 Å². The number of rotatable bonds is 1. The van der Waals surface area contributed by atoms with E-state index in [-0.39, 0.29) is 24.0 Å². The van der Waals surface area contributed by atoms with Crippen LogP contribution >= 0.6 is 0 Å². The molecule has 0 amide bonds. The minimum atomic E-state index is 0.00600. The molecule has 3 heterocycles. The van der Waals surface area contributed by atoms with E-state index >= 15 is 0 Å². The van der Waals surface area contributed by atoms with Crippen LogP contribution in [0.25, 0.3) is 0 Å². The second kappa shape index (κ2) is 4.73. The van der Waals surface area contributed by atoms with E-state index in [4.69, 9.17) is 9.47 Å². The summed E-state index contributed by atoms with van der Waals surface area (Å²) in [6, 6.07) is 7.10. The number of ether oxygens (including phenoxy) is 2. The summed E-state index contributed by atoms with van der Waals surface area (Å²) >= 11 is 0. The third-order valence-corrected chi connectivity index (χ3v) is 5.38. The van der Waals surface area contributed by atoms with Crippen LogP contribution in [0.1, 0.15) is 36.9 Å². The van der Waals surface area contributed by atoms with Gasteiger partial charge in [-0.25, -0.2) is 0 Å². The zero-order valence-corrected chi connectivity index (χ0v) is 12.5. The number of hydrogen-bond donors (Lipinski definition) is 0. The highest BCUT2D eigenvalue weighted by atomic mass is 16.6. The largest absolute Gasteiger partial charge is 0.497 e. The van der Waals surface area contributed by atoms with Crippen LogP contribution in [0.4, 0.5) is 0 Å². The van der Waals surface area contributed by atoms with E-state index in [2.05, 4.69) is 17.0 Å². The molecule has 21 heavy (non-hydrogen) atoms. The summed E-state index contributed by atoms with van der Waals surface area (Å²) in [6.45, 7) is 3.04. The van der Waals surface area contributed by atoms with Crippen molar-refractivity contribution in [1.82, 2.24) is 4.90 Å². The summed E-state index contributed by atoms with van der Waals surface area (Å²) < 4.78 is 10.8. The summed E-state index contributed by atoms with van der Waals surface area (Å²) in [4.78, 5) is 14.5. The van der Waals surface area contributed by atoms with Crippen molar-refractivity contribution >= 4 is 5.97 Å². The maximum Gasteiger partial charge on any atom is 0.310 e. The lowest BCUT2D eigenvalue weighted by atomic mass is 9.79. The third kappa shape index (κ3) is 1.89. The summed E-state index contributed by atoms with van der Waals surface area (Å²) in [5.74, 6) is 1.02. The number of esters is 1. The van der Waals surface area contributed by atoms with Gasteiger partial charge >= 0.3 is 5.97 Å². The maximum absolute atomic E-state index is 12.0. The van der Waals surface area contributed by atoms with Crippen LogP contribution in [0.2, 0.25) is 0 Å². The Labute approximate surface area is 125 Å². The molecule has 0 radical (unpaired) electrons. The molecule has 0 aromatic heterocycles. The van der Waals surface area contributed by atoms with E-state index < -0.39 is 0 Å². The lowest BCUT2D eigenvalue weighted by Crippen LogP contribution is -2.52. The Balaban J connectivity index is 1.69. The van der Waals surface area contributed by atoms with Crippen molar-refractivity contribution < 1.29 is 14.3 Å². The number of benzene rings is 1. The Kier molecular flexibility index (Phi) is 2.96. The summed E-state index contributed by atoms with van der Waals surface area (Å²) in [5, 5.41) is 0. The molecule has 4 atom stereocenters. The first-order chi connectivity index (χ1) is 10.2. The van der Waals surface area contributed by atoms with Crippen LogP contribution in [0, 0.1) is 5.92 Å². The highest BCUT2D eigenvalue weighted by Gasteiger charge is 2.51. The lowest BCUT2D eigenvalue weighted by molar-refractivity contribution is -0.144. The van der Waals surface area contributed by atoms with Crippen LogP contribution in [-0.4, -0.2) is 36.7 Å². The molecule has 0 spiro atoms. The van der Waals surface area contributed by atoms with Crippen molar-refractivity contribution in [3.05, 3.63) is 29.3 Å². The van der Waals surface area contributed by atoms with Gasteiger partial charge in [0.15, 0.2) is 0 Å². The highest BCUT2D eigenvalue weighted by molar-refractivity contribution is 5.76. The molecule has 4 nitrogen and oxygen atoms in total. The summed E-state index contributed by atoms with van der Waals surface area (Å²) in [6.07, 6.45) is 3.03. The molecule has 1 unspecified atom stereocenters. The highest BCUT2D eigenvalue weighted by Crippen LogP contribution is 2.46. The van der Waals surface area contributed by atoms with Crippen molar-refractivity contribution in [3.63, 3.8) is 0 Å². The summed E-state index contributed by atoms with van der Waals surface area (Å²) in [5.41, 5.74) is 2.80. The molecule has 3 aliphatic heterocycles. The molecule has 1 aromatic rings. The zero-order chi connectivity index (χ0) is 14.6. The first-order valence-electron chi connectivity index (χ1n) is 7.82. The van der Waals surface area contributed by atoms with E-state index in [1.165, 1.54) is 11.1 Å². The molecule has 0 N–H and O–H groups in total. The molecule has 3 aliphatic rings. The van der Waals surface area contributed by atoms with Gasteiger partial charge in [0.05, 0.1) is 19.1 Å². The minimum Gasteiger partial charge on any atom is -0.497 e. The predicted molar refractivity (Wildman–Crippen MR) is 78.2 cm³/mol. The number of piperidine rings is 1. The molecule has 1 aromatic carbocycles. The van der Waals surface area contributed by atoms with E-state index in [9.17, 15) is 4.79 Å². The molecule has 2 fully saturated rings. The number of methoxy groups -OCH3 is 1. The quantitative estimate of drug-likeness (QED) is 0.743. The normalized spacial score (nSPS) is 34.7. The van der Waals surface area contributed by atoms with Gasteiger partial charge in [0.25, 0.3) is 0 Å². The van der Waals surface area contributed by atoms with Crippen molar-refractivity contribution in [3.8, 4) is 5.75 Å². The van der Waals surface area contributed by atoms with Crippen LogP contribution in [-0.2, 0) is 16.0 Å². The number of carbonyl (C=O) groups excluding carboxylic acids is 1. The third-order valence-electron chi connectivity index (χ3n) is 5.38. The van der Waals surface area contributed by atoms with Gasteiger partial charge in [0.1, 0.15) is 11.9 Å². The van der Waals surface area contributed by atoms with Gasteiger partial charge in [-0.05, 0) is 49.4 Å². The standard InChI is InChI=1S/C17H21NO3/c1-10-16-14(17(19)21-10)5-6-15-13-4-3-12(20-2)9-11(13)7-8-18(15)16/h3-4,9-10,14-16H,5-8H2,1-2H3/t10-,14+,15?,16+/m0/s1. The van der Waals surface area contributed by atoms with Gasteiger partial charge < -0.3 is 9.47 Å². The fourth-order valence-electron chi connectivity index (χ4n) is 4.45. The Morgan fingerprint density at radius 2 is 2.19 bits per heavy atom. The topological polar surface area (TPSA) is 38.8 Å². The Hall–Kier alpha value is -1.55. The maximum atomic E-state index is 12.0. The molecule has 0 bridgehead atoms. The van der Waals surface area contributed by atoms with Crippen molar-refractivity contribution in [1.29, 1.82) is 0 Å². The van der Waals surface area contributed by atoms with Crippen molar-refractivity contribution in [2.75, 3.05) is 13.7 Å². The summed E-state index contributed by atoms with van der Waals surface area (Å²) in [7, 11) is 1.71. The van der Waals surface area contributed by atoms with Crippen molar-refractivity contribution in [2.24, 2.45) is 5.92 Å². The van der Waals surface area contributed by atoms with Crippen LogP contribution in [0.5, 0.6) is 5.75 Å². The minimum absolute atomic E-state index is 0.00600. The van der Waals surface area contributed by atoms with E-state index in [1.54, 1.807) is 7.11 Å². The average Bonchev–Trinajstić information content (AvgIpc) is 2.81. The molecule has 4 heteroatoms. The molecule has 4 rings (SSSR count). The number of carbonyl (C=O) groups is 1. The molecular formula is C17H21NO3. The number of fused-ring (bicyclic) bond motifs is 5. The van der Waals surface area contributed by atoms with Gasteiger partial charge in [0.2, 0.25) is 0 Å². The monoisotopic (exact) mass is 287 g/mol. The molecular weight excluding hydrogens is 266 g/mol. The zero-order valence-electron chi connectivity index (χ0n) is 12.5. The van der Waals surface area contributed by atoms with Gasteiger partial charge in [-0.15, -0.1) is 0 Å². The van der Waals surface area contributed by atoms with Crippen LogP contribution in [0.3, 0.4) is 0 Å². The van der Waals surface area contributed by atoms with E-state index in [0.29, 0.717) is 6.04 Å². The lowest BCUT2D eigenvalue weighted by Gasteiger charge is -2.46. The molecule has 2 saturated heterocycles.